The molecular formula is C18H29N3O3. The van der Waals surface area contributed by atoms with Crippen LogP contribution in [0.5, 0.6) is 0 Å². The Bertz CT molecular complexity index is 540. The van der Waals surface area contributed by atoms with Gasteiger partial charge in [0.1, 0.15) is 5.76 Å². The third-order valence-electron chi connectivity index (χ3n) is 4.34. The molecule has 1 aromatic rings. The largest absolute Gasteiger partial charge is 0.467 e. The monoisotopic (exact) mass is 335 g/mol. The Morgan fingerprint density at radius 3 is 2.54 bits per heavy atom. The van der Waals surface area contributed by atoms with Gasteiger partial charge in [0, 0.05) is 11.5 Å². The molecule has 0 radical (unpaired) electrons. The van der Waals surface area contributed by atoms with Gasteiger partial charge in [-0.1, -0.05) is 0 Å². The third-order valence-corrected chi connectivity index (χ3v) is 4.34. The Hall–Kier alpha value is -1.82. The van der Waals surface area contributed by atoms with E-state index < -0.39 is 0 Å². The summed E-state index contributed by atoms with van der Waals surface area (Å²) in [7, 11) is 0. The zero-order valence-electron chi connectivity index (χ0n) is 15.1. The molecule has 0 aliphatic carbocycles. The van der Waals surface area contributed by atoms with E-state index in [0.717, 1.165) is 31.7 Å². The van der Waals surface area contributed by atoms with E-state index in [4.69, 9.17) is 4.42 Å². The molecule has 0 unspecified atom stereocenters. The fourth-order valence-corrected chi connectivity index (χ4v) is 2.92. The van der Waals surface area contributed by atoms with Crippen LogP contribution in [0, 0.1) is 5.92 Å². The first-order chi connectivity index (χ1) is 11.3. The molecule has 2 heterocycles. The molecule has 134 valence electrons. The zero-order chi connectivity index (χ0) is 17.7. The van der Waals surface area contributed by atoms with Gasteiger partial charge in [0.05, 0.1) is 18.8 Å². The summed E-state index contributed by atoms with van der Waals surface area (Å²) in [5, 5.41) is 5.94. The van der Waals surface area contributed by atoms with Gasteiger partial charge >= 0.3 is 0 Å². The van der Waals surface area contributed by atoms with E-state index in [-0.39, 0.29) is 29.3 Å². The van der Waals surface area contributed by atoms with Crippen molar-refractivity contribution in [3.63, 3.8) is 0 Å². The average molecular weight is 335 g/mol. The van der Waals surface area contributed by atoms with Crippen LogP contribution in [0.2, 0.25) is 0 Å². The van der Waals surface area contributed by atoms with Crippen molar-refractivity contribution in [2.24, 2.45) is 5.92 Å². The Kier molecular flexibility index (Phi) is 6.04. The molecule has 1 aliphatic rings. The van der Waals surface area contributed by atoms with E-state index in [9.17, 15) is 9.59 Å². The van der Waals surface area contributed by atoms with E-state index in [1.807, 2.05) is 39.8 Å². The summed E-state index contributed by atoms with van der Waals surface area (Å²) in [4.78, 5) is 26.7. The summed E-state index contributed by atoms with van der Waals surface area (Å²) in [6.07, 6.45) is 3.15. The highest BCUT2D eigenvalue weighted by atomic mass is 16.3. The van der Waals surface area contributed by atoms with Crippen molar-refractivity contribution in [1.29, 1.82) is 0 Å². The molecule has 1 aromatic heterocycles. The van der Waals surface area contributed by atoms with E-state index >= 15 is 0 Å². The van der Waals surface area contributed by atoms with E-state index in [0.29, 0.717) is 6.54 Å². The zero-order valence-corrected chi connectivity index (χ0v) is 15.1. The summed E-state index contributed by atoms with van der Waals surface area (Å²) in [5.74, 6) is 0.878. The Balaban J connectivity index is 1.76. The minimum Gasteiger partial charge on any atom is -0.467 e. The summed E-state index contributed by atoms with van der Waals surface area (Å²) in [6.45, 7) is 9.82. The molecule has 24 heavy (non-hydrogen) atoms. The summed E-state index contributed by atoms with van der Waals surface area (Å²) in [6, 6.07) is 3.49. The van der Waals surface area contributed by atoms with Gasteiger partial charge in [-0.05, 0) is 65.8 Å². The lowest BCUT2D eigenvalue weighted by Gasteiger charge is -2.36. The average Bonchev–Trinajstić information content (AvgIpc) is 3.04. The lowest BCUT2D eigenvalue weighted by Crippen LogP contribution is -2.53. The number of carbonyl (C=O) groups excluding carboxylic acids is 2. The number of carbonyl (C=O) groups is 2. The molecule has 1 fully saturated rings. The van der Waals surface area contributed by atoms with Gasteiger partial charge in [-0.25, -0.2) is 0 Å². The smallest absolute Gasteiger partial charge is 0.237 e. The molecule has 1 atom stereocenters. The summed E-state index contributed by atoms with van der Waals surface area (Å²) < 4.78 is 5.22. The first-order valence-corrected chi connectivity index (χ1v) is 8.62. The highest BCUT2D eigenvalue weighted by Gasteiger charge is 2.30. The first kappa shape index (κ1) is 18.5. The summed E-state index contributed by atoms with van der Waals surface area (Å²) in [5.41, 5.74) is -0.227. The molecule has 2 rings (SSSR count). The SMILES string of the molecule is C[C@H](C(=O)NC(C)(C)C)N1CCC(C(=O)NCc2ccco2)CC1. The van der Waals surface area contributed by atoms with Crippen molar-refractivity contribution in [2.45, 2.75) is 58.7 Å². The van der Waals surface area contributed by atoms with Crippen LogP contribution in [-0.2, 0) is 16.1 Å². The summed E-state index contributed by atoms with van der Waals surface area (Å²) >= 11 is 0. The number of hydrogen-bond acceptors (Lipinski definition) is 4. The topological polar surface area (TPSA) is 74.6 Å². The van der Waals surface area contributed by atoms with Crippen LogP contribution in [0.3, 0.4) is 0 Å². The second-order valence-corrected chi connectivity index (χ2v) is 7.52. The van der Waals surface area contributed by atoms with Crippen LogP contribution in [0.1, 0.15) is 46.3 Å². The van der Waals surface area contributed by atoms with Crippen LogP contribution >= 0.6 is 0 Å². The molecule has 0 saturated carbocycles. The van der Waals surface area contributed by atoms with Crippen LogP contribution in [0.4, 0.5) is 0 Å². The second-order valence-electron chi connectivity index (χ2n) is 7.52. The van der Waals surface area contributed by atoms with Crippen molar-refractivity contribution in [1.82, 2.24) is 15.5 Å². The van der Waals surface area contributed by atoms with Crippen LogP contribution < -0.4 is 10.6 Å². The van der Waals surface area contributed by atoms with Crippen molar-refractivity contribution in [2.75, 3.05) is 13.1 Å². The number of nitrogens with one attached hydrogen (secondary N) is 2. The Morgan fingerprint density at radius 2 is 2.00 bits per heavy atom. The van der Waals surface area contributed by atoms with Gasteiger partial charge in [-0.2, -0.15) is 0 Å². The number of nitrogens with zero attached hydrogens (tertiary/aromatic N) is 1. The lowest BCUT2D eigenvalue weighted by atomic mass is 9.94. The highest BCUT2D eigenvalue weighted by Crippen LogP contribution is 2.20. The normalized spacial score (nSPS) is 18.2. The molecule has 2 N–H and O–H groups in total. The lowest BCUT2D eigenvalue weighted by molar-refractivity contribution is -0.129. The maximum absolute atomic E-state index is 12.3. The standard InChI is InChI=1S/C18H29N3O3/c1-13(16(22)20-18(2,3)4)21-9-7-14(8-10-21)17(23)19-12-15-6-5-11-24-15/h5-6,11,13-14H,7-10,12H2,1-4H3,(H,19,23)(H,20,22)/t13-/m1/s1. The number of likely N-dealkylation sites (tertiary alicyclic amines) is 1. The fourth-order valence-electron chi connectivity index (χ4n) is 2.92. The Morgan fingerprint density at radius 1 is 1.33 bits per heavy atom. The molecule has 6 heteroatoms. The molecule has 2 amide bonds. The van der Waals surface area contributed by atoms with Crippen LogP contribution in [0.15, 0.2) is 22.8 Å². The van der Waals surface area contributed by atoms with E-state index in [1.54, 1.807) is 6.26 Å². The van der Waals surface area contributed by atoms with Crippen LogP contribution in [-0.4, -0.2) is 41.4 Å². The van der Waals surface area contributed by atoms with Crippen LogP contribution in [0.25, 0.3) is 0 Å². The predicted octanol–water partition coefficient (Wildman–Crippen LogP) is 1.91. The van der Waals surface area contributed by atoms with Gasteiger partial charge in [0.2, 0.25) is 11.8 Å². The van der Waals surface area contributed by atoms with Gasteiger partial charge in [-0.3, -0.25) is 14.5 Å². The van der Waals surface area contributed by atoms with Gasteiger partial charge in [-0.15, -0.1) is 0 Å². The van der Waals surface area contributed by atoms with E-state index in [2.05, 4.69) is 15.5 Å². The van der Waals surface area contributed by atoms with Crippen molar-refractivity contribution in [3.8, 4) is 0 Å². The fraction of sp³-hybridized carbons (Fsp3) is 0.667. The third kappa shape index (κ3) is 5.37. The highest BCUT2D eigenvalue weighted by molar-refractivity contribution is 5.82. The maximum Gasteiger partial charge on any atom is 0.237 e. The van der Waals surface area contributed by atoms with Gasteiger partial charge < -0.3 is 15.1 Å². The number of piperidine rings is 1. The molecule has 1 aliphatic heterocycles. The number of amides is 2. The maximum atomic E-state index is 12.3. The quantitative estimate of drug-likeness (QED) is 0.862. The molecule has 0 bridgehead atoms. The van der Waals surface area contributed by atoms with Gasteiger partial charge in [0.15, 0.2) is 0 Å². The minimum atomic E-state index is -0.227. The first-order valence-electron chi connectivity index (χ1n) is 8.62. The number of furan rings is 1. The molecule has 6 nitrogen and oxygen atoms in total. The molecular weight excluding hydrogens is 306 g/mol. The number of rotatable bonds is 5. The minimum absolute atomic E-state index is 0.00842. The van der Waals surface area contributed by atoms with Crippen molar-refractivity contribution < 1.29 is 14.0 Å². The second kappa shape index (κ2) is 7.83. The van der Waals surface area contributed by atoms with Crippen molar-refractivity contribution >= 4 is 11.8 Å². The van der Waals surface area contributed by atoms with Crippen molar-refractivity contribution in [3.05, 3.63) is 24.2 Å². The molecule has 0 aromatic carbocycles. The number of hydrogen-bond donors (Lipinski definition) is 2. The predicted molar refractivity (Wildman–Crippen MR) is 92.2 cm³/mol. The van der Waals surface area contributed by atoms with E-state index in [1.165, 1.54) is 0 Å². The Labute approximate surface area is 144 Å². The molecule has 1 saturated heterocycles. The molecule has 0 spiro atoms. The van der Waals surface area contributed by atoms with Gasteiger partial charge in [0.25, 0.3) is 0 Å².